The molecule has 29 heavy (non-hydrogen) atoms. The van der Waals surface area contributed by atoms with Crippen molar-refractivity contribution in [3.63, 3.8) is 0 Å². The molecule has 0 aliphatic carbocycles. The van der Waals surface area contributed by atoms with Crippen molar-refractivity contribution in [3.8, 4) is 0 Å². The van der Waals surface area contributed by atoms with Gasteiger partial charge in [-0.15, -0.1) is 0 Å². The fourth-order valence-corrected chi connectivity index (χ4v) is 2.35. The molecule has 10 heteroatoms. The van der Waals surface area contributed by atoms with Gasteiger partial charge in [-0.25, -0.2) is 4.98 Å². The summed E-state index contributed by atoms with van der Waals surface area (Å²) in [5.74, 6) is 1.07. The Kier molecular flexibility index (Phi) is 6.69. The van der Waals surface area contributed by atoms with Gasteiger partial charge < -0.3 is 20.0 Å². The lowest BCUT2D eigenvalue weighted by molar-refractivity contribution is 0.0997. The molecule has 0 fully saturated rings. The maximum Gasteiger partial charge on any atom is 0.302 e. The Hall–Kier alpha value is -3.53. The van der Waals surface area contributed by atoms with Crippen molar-refractivity contribution in [2.75, 3.05) is 43.1 Å². The highest BCUT2D eigenvalue weighted by Crippen LogP contribution is 2.16. The Bertz CT molecular complexity index is 942. The van der Waals surface area contributed by atoms with Gasteiger partial charge in [-0.3, -0.25) is 10.1 Å². The van der Waals surface area contributed by atoms with E-state index in [4.69, 9.17) is 4.42 Å². The van der Waals surface area contributed by atoms with Gasteiger partial charge in [-0.2, -0.15) is 15.0 Å². The van der Waals surface area contributed by atoms with Crippen LogP contribution in [0.1, 0.15) is 23.3 Å². The third kappa shape index (κ3) is 5.98. The van der Waals surface area contributed by atoms with Crippen LogP contribution < -0.4 is 16.0 Å². The van der Waals surface area contributed by atoms with Crippen molar-refractivity contribution in [3.05, 3.63) is 48.1 Å². The number of para-hydroxylation sites is 1. The number of benzene rings is 1. The van der Waals surface area contributed by atoms with Gasteiger partial charge in [0.1, 0.15) is 5.82 Å². The monoisotopic (exact) mass is 396 g/mol. The number of likely N-dealkylation sites (N-methyl/N-ethyl adjacent to an activating group) is 1. The van der Waals surface area contributed by atoms with Crippen molar-refractivity contribution >= 4 is 29.5 Å². The average molecular weight is 396 g/mol. The van der Waals surface area contributed by atoms with Crippen molar-refractivity contribution in [1.82, 2.24) is 24.8 Å². The van der Waals surface area contributed by atoms with Crippen LogP contribution in [-0.4, -0.2) is 57.9 Å². The molecule has 1 aromatic carbocycles. The van der Waals surface area contributed by atoms with E-state index in [-0.39, 0.29) is 11.8 Å². The van der Waals surface area contributed by atoms with Crippen LogP contribution in [0.15, 0.2) is 40.9 Å². The molecule has 0 saturated carbocycles. The number of hydrogen-bond donors (Lipinski definition) is 3. The van der Waals surface area contributed by atoms with E-state index in [1.54, 1.807) is 12.1 Å². The molecule has 0 spiro atoms. The smallest absolute Gasteiger partial charge is 0.302 e. The van der Waals surface area contributed by atoms with Crippen LogP contribution in [0.3, 0.4) is 0 Å². The number of rotatable bonds is 9. The van der Waals surface area contributed by atoms with Crippen LogP contribution >= 0.6 is 0 Å². The molecule has 2 heterocycles. The van der Waals surface area contributed by atoms with Crippen LogP contribution in [0, 0.1) is 0 Å². The molecule has 3 N–H and O–H groups in total. The Morgan fingerprint density at radius 3 is 2.59 bits per heavy atom. The molecule has 152 valence electrons. The molecule has 3 rings (SSSR count). The number of anilines is 4. The van der Waals surface area contributed by atoms with Crippen molar-refractivity contribution < 1.29 is 9.21 Å². The summed E-state index contributed by atoms with van der Waals surface area (Å²) in [6.07, 6.45) is 1.99. The summed E-state index contributed by atoms with van der Waals surface area (Å²) in [7, 11) is 3.99. The first-order valence-corrected chi connectivity index (χ1v) is 9.26. The first-order chi connectivity index (χ1) is 14.0. The fourth-order valence-electron chi connectivity index (χ4n) is 2.35. The normalized spacial score (nSPS) is 10.8. The van der Waals surface area contributed by atoms with Crippen molar-refractivity contribution in [2.45, 2.75) is 13.3 Å². The molecule has 0 aliphatic heterocycles. The minimum absolute atomic E-state index is 0.0745. The van der Waals surface area contributed by atoms with Gasteiger partial charge in [0.15, 0.2) is 0 Å². The van der Waals surface area contributed by atoms with Gasteiger partial charge in [0.25, 0.3) is 5.91 Å². The average Bonchev–Trinajstić information content (AvgIpc) is 3.17. The summed E-state index contributed by atoms with van der Waals surface area (Å²) in [4.78, 5) is 31.4. The van der Waals surface area contributed by atoms with E-state index in [1.165, 1.54) is 6.20 Å². The largest absolute Gasteiger partial charge is 0.418 e. The van der Waals surface area contributed by atoms with E-state index in [2.05, 4.69) is 40.8 Å². The number of aromatic nitrogens is 4. The van der Waals surface area contributed by atoms with Gasteiger partial charge in [-0.1, -0.05) is 25.1 Å². The summed E-state index contributed by atoms with van der Waals surface area (Å²) in [6, 6.07) is 9.23. The zero-order valence-electron chi connectivity index (χ0n) is 16.6. The van der Waals surface area contributed by atoms with Crippen molar-refractivity contribution in [1.29, 1.82) is 0 Å². The van der Waals surface area contributed by atoms with E-state index < -0.39 is 5.91 Å². The number of nitrogens with zero attached hydrogens (tertiary/aromatic N) is 5. The summed E-state index contributed by atoms with van der Waals surface area (Å²) in [5, 5.41) is 8.79. The maximum absolute atomic E-state index is 12.3. The maximum atomic E-state index is 12.3. The number of carbonyl (C=O) groups is 1. The number of nitrogens with one attached hydrogen (secondary N) is 3. The van der Waals surface area contributed by atoms with Gasteiger partial charge in [0.2, 0.25) is 17.7 Å². The second-order valence-electron chi connectivity index (χ2n) is 6.46. The topological polar surface area (TPSA) is 121 Å². The van der Waals surface area contributed by atoms with Crippen molar-refractivity contribution in [2.24, 2.45) is 0 Å². The lowest BCUT2D eigenvalue weighted by Gasteiger charge is -2.11. The van der Waals surface area contributed by atoms with Crippen LogP contribution in [0.2, 0.25) is 0 Å². The summed E-state index contributed by atoms with van der Waals surface area (Å²) in [6.45, 7) is 3.50. The molecular weight excluding hydrogens is 372 g/mol. The van der Waals surface area contributed by atoms with E-state index in [1.807, 2.05) is 39.2 Å². The molecule has 0 bridgehead atoms. The Balaban J connectivity index is 1.67. The minimum atomic E-state index is -0.396. The highest BCUT2D eigenvalue weighted by Gasteiger charge is 2.14. The molecular formula is C19H24N8O2. The third-order valence-electron chi connectivity index (χ3n) is 3.82. The Morgan fingerprint density at radius 2 is 1.86 bits per heavy atom. The lowest BCUT2D eigenvalue weighted by Crippen LogP contribution is -2.22. The zero-order valence-corrected chi connectivity index (χ0v) is 16.6. The summed E-state index contributed by atoms with van der Waals surface area (Å²) >= 11 is 0. The number of oxazole rings is 1. The van der Waals surface area contributed by atoms with Gasteiger partial charge in [-0.05, 0) is 26.2 Å². The first-order valence-electron chi connectivity index (χ1n) is 9.26. The lowest BCUT2D eigenvalue weighted by atomic mass is 10.3. The third-order valence-corrected chi connectivity index (χ3v) is 3.82. The predicted octanol–water partition coefficient (Wildman–Crippen LogP) is 2.39. The number of aryl methyl sites for hydroxylation is 1. The van der Waals surface area contributed by atoms with Crippen LogP contribution in [0.25, 0.3) is 0 Å². The van der Waals surface area contributed by atoms with E-state index in [0.717, 1.165) is 6.54 Å². The minimum Gasteiger partial charge on any atom is -0.418 e. The highest BCUT2D eigenvalue weighted by molar-refractivity contribution is 6.02. The summed E-state index contributed by atoms with van der Waals surface area (Å²) in [5.41, 5.74) is 0.668. The quantitative estimate of drug-likeness (QED) is 0.500. The molecule has 10 nitrogen and oxygen atoms in total. The first kappa shape index (κ1) is 20.2. The highest BCUT2D eigenvalue weighted by atomic mass is 16.4. The van der Waals surface area contributed by atoms with E-state index in [9.17, 15) is 4.79 Å². The predicted molar refractivity (Wildman–Crippen MR) is 110 cm³/mol. The molecule has 0 saturated heterocycles. The zero-order chi connectivity index (χ0) is 20.6. The fraction of sp³-hybridized carbons (Fsp3) is 0.316. The van der Waals surface area contributed by atoms with E-state index in [0.29, 0.717) is 36.4 Å². The molecule has 0 atom stereocenters. The van der Waals surface area contributed by atoms with Crippen LogP contribution in [0.4, 0.5) is 23.6 Å². The summed E-state index contributed by atoms with van der Waals surface area (Å²) < 4.78 is 5.49. The second kappa shape index (κ2) is 9.60. The second-order valence-corrected chi connectivity index (χ2v) is 6.46. The molecule has 0 aliphatic rings. The van der Waals surface area contributed by atoms with Gasteiger partial charge >= 0.3 is 6.01 Å². The molecule has 1 amide bonds. The van der Waals surface area contributed by atoms with Crippen LogP contribution in [0.5, 0.6) is 0 Å². The van der Waals surface area contributed by atoms with Gasteiger partial charge in [0, 0.05) is 25.2 Å². The molecule has 0 radical (unpaired) electrons. The Morgan fingerprint density at radius 1 is 1.10 bits per heavy atom. The molecule has 2 aromatic heterocycles. The number of amides is 1. The molecule has 3 aromatic rings. The number of hydrogen-bond acceptors (Lipinski definition) is 9. The SMILES string of the molecule is CCc1nc(NCCN(C)C)nc(Nc2ncc(C(=O)Nc3ccccc3)o2)n1. The molecule has 0 unspecified atom stereocenters. The Labute approximate surface area is 168 Å². The van der Waals surface area contributed by atoms with Gasteiger partial charge in [0.05, 0.1) is 6.20 Å². The standard InChI is InChI=1S/C19H24N8O2/c1-4-15-23-17(20-10-11-27(2)3)25-18(24-15)26-19-21-12-14(29-19)16(28)22-13-8-6-5-7-9-13/h5-9,12H,4,10-11H2,1-3H3,(H,22,28)(H2,20,21,23,24,25,26). The van der Waals surface area contributed by atoms with Crippen LogP contribution in [-0.2, 0) is 6.42 Å². The number of carbonyl (C=O) groups excluding carboxylic acids is 1. The van der Waals surface area contributed by atoms with E-state index >= 15 is 0 Å².